The minimum absolute atomic E-state index is 1.34. The third-order valence-corrected chi connectivity index (χ3v) is 0.988. The van der Waals surface area contributed by atoms with Crippen LogP contribution in [-0.2, 0) is 14.8 Å². The van der Waals surface area contributed by atoms with E-state index in [1.807, 2.05) is 0 Å². The van der Waals surface area contributed by atoms with E-state index in [0.717, 1.165) is 0 Å². The fourth-order valence-corrected chi connectivity index (χ4v) is 0.297. The summed E-state index contributed by atoms with van der Waals surface area (Å²) in [7, 11) is 0. The maximum atomic E-state index is 11.6. The van der Waals surface area contributed by atoms with Crippen molar-refractivity contribution < 1.29 is 54.3 Å². The number of rotatable bonds is 2. The van der Waals surface area contributed by atoms with Crippen LogP contribution in [0.1, 0.15) is 0 Å². The zero-order valence-corrected chi connectivity index (χ0v) is 11.6. The number of alkyl halides is 7. The molecule has 0 aromatic carbocycles. The second-order valence-corrected chi connectivity index (χ2v) is 1.91. The van der Waals surface area contributed by atoms with E-state index in [4.69, 9.17) is 0 Å². The van der Waals surface area contributed by atoms with E-state index in [0.29, 0.717) is 0 Å². The molecule has 0 radical (unpaired) electrons. The molecule has 88 valence electrons. The predicted octanol–water partition coefficient (Wildman–Crippen LogP) is 4.13. The Kier molecular flexibility index (Phi) is 7.09. The first-order chi connectivity index (χ1) is 6.44. The van der Waals surface area contributed by atoms with Crippen LogP contribution in [0.3, 0.4) is 0 Å². The normalized spacial score (nSPS) is 13.7. The van der Waals surface area contributed by atoms with Gasteiger partial charge in [-0.25, -0.2) is 8.78 Å². The van der Waals surface area contributed by atoms with Gasteiger partial charge in [0, 0.05) is 0 Å². The molecule has 0 bridgehead atoms. The number of hydrogen-bond donors (Lipinski definition) is 0. The Bertz CT molecular complexity index is 187. The van der Waals surface area contributed by atoms with Gasteiger partial charge < -0.3 is 8.78 Å². The van der Waals surface area contributed by atoms with Crippen LogP contribution in [0.15, 0.2) is 0 Å². The average molecular weight is 411 g/mol. The van der Waals surface area contributed by atoms with Crippen molar-refractivity contribution in [3.63, 3.8) is 0 Å². The van der Waals surface area contributed by atoms with Crippen LogP contribution in [0, 0.1) is 6.43 Å². The summed E-state index contributed by atoms with van der Waals surface area (Å²) >= 11 is 3.62. The molecular weight excluding hydrogens is 411 g/mol. The fourth-order valence-electron chi connectivity index (χ4n) is 0.297. The Morgan fingerprint density at radius 2 is 1.07 bits per heavy atom. The predicted molar refractivity (Wildman–Crippen MR) is 35.4 cm³/mol. The van der Waals surface area contributed by atoms with Gasteiger partial charge in [-0.05, 0) is 0 Å². The van der Waals surface area contributed by atoms with Gasteiger partial charge >= 0.3 is 46.6 Å². The first kappa shape index (κ1) is 18.1. The molecule has 0 heterocycles. The molecule has 0 aliphatic heterocycles. The van der Waals surface area contributed by atoms with Gasteiger partial charge in [0.2, 0.25) is 0 Å². The molecule has 0 aromatic heterocycles. The van der Waals surface area contributed by atoms with E-state index in [-0.39, 0.29) is 0 Å². The van der Waals surface area contributed by atoms with Crippen molar-refractivity contribution in [3.8, 4) is 0 Å². The molecule has 0 unspecified atom stereocenters. The molecule has 0 rings (SSSR count). The van der Waals surface area contributed by atoms with E-state index >= 15 is 0 Å². The minimum atomic E-state index is -6.77. The topological polar surface area (TPSA) is 0 Å². The molecule has 0 amide bonds. The summed E-state index contributed by atoms with van der Waals surface area (Å²) in [5.41, 5.74) is 0. The summed E-state index contributed by atoms with van der Waals surface area (Å²) in [4.78, 5) is 0. The second-order valence-electron chi connectivity index (χ2n) is 1.91. The molecule has 0 saturated heterocycles. The van der Waals surface area contributed by atoms with E-state index in [1.54, 1.807) is 0 Å². The summed E-state index contributed by atoms with van der Waals surface area (Å²) in [6.45, 7) is 0. The fraction of sp³-hybridized carbons (Fsp3) is 0.750. The Labute approximate surface area is 98.4 Å². The van der Waals surface area contributed by atoms with Crippen LogP contribution in [-0.4, -0.2) is 18.0 Å². The Hall–Kier alpha value is 0.723. The molecule has 0 aliphatic rings. The third kappa shape index (κ3) is 3.90. The van der Waals surface area contributed by atoms with Crippen LogP contribution in [0.5, 0.6) is 0 Å². The summed E-state index contributed by atoms with van der Waals surface area (Å²) < 4.78 is 102. The molecule has 0 atom stereocenters. The van der Waals surface area contributed by atoms with Crippen molar-refractivity contribution in [1.82, 2.24) is 0 Å². The van der Waals surface area contributed by atoms with Crippen LogP contribution in [0.2, 0.25) is 0 Å². The molecule has 11 heteroatoms. The van der Waals surface area contributed by atoms with Crippen molar-refractivity contribution in [2.45, 2.75) is 18.0 Å². The van der Waals surface area contributed by atoms with Gasteiger partial charge in [-0.2, -0.15) is 22.0 Å². The van der Waals surface area contributed by atoms with Gasteiger partial charge in [0.25, 0.3) is 5.92 Å². The Morgan fingerprint density at radius 1 is 0.800 bits per heavy atom. The third-order valence-electron chi connectivity index (χ3n) is 0.988. The Morgan fingerprint density at radius 3 is 1.13 bits per heavy atom. The van der Waals surface area contributed by atoms with Gasteiger partial charge in [0.1, 0.15) is 0 Å². The molecule has 0 aromatic rings. The summed E-state index contributed by atoms with van der Waals surface area (Å²) in [6, 6.07) is 0. The van der Waals surface area contributed by atoms with Gasteiger partial charge in [-0.1, -0.05) is 0 Å². The zero-order chi connectivity index (χ0) is 13.1. The van der Waals surface area contributed by atoms with Gasteiger partial charge in [-0.3, -0.25) is 0 Å². The van der Waals surface area contributed by atoms with Gasteiger partial charge in [0.05, 0.1) is 6.43 Å². The van der Waals surface area contributed by atoms with Crippen molar-refractivity contribution in [2.75, 3.05) is 0 Å². The van der Waals surface area contributed by atoms with E-state index in [1.165, 1.54) is 14.8 Å². The monoisotopic (exact) mass is 410 g/mol. The van der Waals surface area contributed by atoms with E-state index in [2.05, 4.69) is 19.8 Å². The van der Waals surface area contributed by atoms with Crippen LogP contribution < -0.4 is 0 Å². The van der Waals surface area contributed by atoms with Crippen molar-refractivity contribution >= 4 is 19.8 Å². The molecule has 0 aliphatic carbocycles. The summed E-state index contributed by atoms with van der Waals surface area (Å²) in [6.07, 6.45) is -11.0. The van der Waals surface area contributed by atoms with Crippen molar-refractivity contribution in [1.29, 1.82) is 0 Å². The number of hydrogen-bond acceptors (Lipinski definition) is 0. The molecule has 15 heavy (non-hydrogen) atoms. The van der Waals surface area contributed by atoms with Crippen LogP contribution in [0.25, 0.3) is 0 Å². The van der Waals surface area contributed by atoms with E-state index in [9.17, 15) is 39.5 Å². The van der Waals surface area contributed by atoms with Crippen LogP contribution >= 0.6 is 19.8 Å². The molecule has 0 fully saturated rings. The zero-order valence-electron chi connectivity index (χ0n) is 6.49. The van der Waals surface area contributed by atoms with Crippen molar-refractivity contribution in [3.05, 3.63) is 6.43 Å². The number of halogens is 10. The second kappa shape index (κ2) is 5.88. The van der Waals surface area contributed by atoms with Gasteiger partial charge in [0.15, 0.2) is 0 Å². The Balaban J connectivity index is 0. The molecular formula is C4F9IZn. The molecule has 0 saturated carbocycles. The summed E-state index contributed by atoms with van der Waals surface area (Å²) in [5, 5.41) is 0. The maximum absolute atomic E-state index is 11.6. The van der Waals surface area contributed by atoms with Crippen LogP contribution in [0.4, 0.5) is 39.5 Å². The summed E-state index contributed by atoms with van der Waals surface area (Å²) in [5.74, 6) is -13.3. The molecule has 0 N–H and O–H groups in total. The average Bonchev–Trinajstić information content (AvgIpc) is 2.05. The first-order valence-electron chi connectivity index (χ1n) is 2.72. The SMILES string of the molecule is F[C-](F)C(F)(F)C(F)(F)C(F)(F)F.[Zn+][I]. The molecule has 0 spiro atoms. The standard InChI is InChI=1S/C4F9.HI.Zn/c5-1(6)2(7,8)3(9,10)4(11,12)13;;/h;1H;/q-1;;+2/p-1. The van der Waals surface area contributed by atoms with Crippen molar-refractivity contribution in [2.24, 2.45) is 0 Å². The van der Waals surface area contributed by atoms with E-state index < -0.39 is 24.4 Å². The molecule has 0 nitrogen and oxygen atoms in total. The van der Waals surface area contributed by atoms with Gasteiger partial charge in [-0.15, -0.1) is 0 Å². The first-order valence-corrected chi connectivity index (χ1v) is 11.8. The quantitative estimate of drug-likeness (QED) is 0.278.